The molecule has 3 aliphatic rings. The van der Waals surface area contributed by atoms with Gasteiger partial charge in [-0.3, -0.25) is 19.2 Å². The highest BCUT2D eigenvalue weighted by Gasteiger charge is 2.71. The Balaban J connectivity index is 1.65. The molecule has 0 radical (unpaired) electrons. The van der Waals surface area contributed by atoms with E-state index in [9.17, 15) is 19.2 Å². The van der Waals surface area contributed by atoms with Crippen LogP contribution in [0.15, 0.2) is 72.8 Å². The summed E-state index contributed by atoms with van der Waals surface area (Å²) in [5, 5.41) is 3.37. The smallest absolute Gasteiger partial charge is 0.221 e. The molecule has 7 heteroatoms. The van der Waals surface area contributed by atoms with Gasteiger partial charge in [-0.2, -0.15) is 0 Å². The van der Waals surface area contributed by atoms with Crippen LogP contribution in [0, 0.1) is 5.41 Å². The number of nitrogens with one attached hydrogen (secondary N) is 1. The van der Waals surface area contributed by atoms with Crippen LogP contribution >= 0.6 is 11.6 Å². The topological polar surface area (TPSA) is 83.6 Å². The third kappa shape index (κ3) is 3.12. The van der Waals surface area contributed by atoms with Gasteiger partial charge in [-0.05, 0) is 36.8 Å². The highest BCUT2D eigenvalue weighted by Crippen LogP contribution is 2.61. The maximum absolute atomic E-state index is 14.4. The monoisotopic (exact) mass is 510 g/mol. The molecule has 1 amide bonds. The molecule has 0 aromatic heterocycles. The van der Waals surface area contributed by atoms with Crippen molar-refractivity contribution in [3.05, 3.63) is 100 Å². The van der Waals surface area contributed by atoms with Crippen molar-refractivity contribution in [1.29, 1.82) is 0 Å². The number of amides is 1. The van der Waals surface area contributed by atoms with E-state index < -0.39 is 23.4 Å². The lowest BCUT2D eigenvalue weighted by Gasteiger charge is -2.37. The molecule has 0 saturated carbocycles. The molecule has 1 saturated heterocycles. The van der Waals surface area contributed by atoms with Gasteiger partial charge in [0, 0.05) is 40.2 Å². The van der Waals surface area contributed by atoms with E-state index >= 15 is 0 Å². The number of benzene rings is 3. The summed E-state index contributed by atoms with van der Waals surface area (Å²) < 4.78 is 0. The van der Waals surface area contributed by atoms with Crippen LogP contribution in [-0.2, 0) is 9.59 Å². The summed E-state index contributed by atoms with van der Waals surface area (Å²) in [6, 6.07) is 17.8. The van der Waals surface area contributed by atoms with Crippen LogP contribution in [0.3, 0.4) is 0 Å². The van der Waals surface area contributed by atoms with E-state index in [1.165, 1.54) is 13.8 Å². The normalized spacial score (nSPS) is 22.6. The molecule has 3 atom stereocenters. The van der Waals surface area contributed by atoms with E-state index in [4.69, 9.17) is 11.6 Å². The minimum Gasteiger partial charge on any atom is -0.352 e. The second-order valence-corrected chi connectivity index (χ2v) is 10.2. The van der Waals surface area contributed by atoms with Gasteiger partial charge < -0.3 is 10.2 Å². The number of halogens is 1. The second kappa shape index (κ2) is 8.25. The van der Waals surface area contributed by atoms with E-state index in [2.05, 4.69) is 5.32 Å². The number of hydrogen-bond acceptors (Lipinski definition) is 5. The molecule has 1 N–H and O–H groups in total. The predicted octanol–water partition coefficient (Wildman–Crippen LogP) is 5.32. The lowest BCUT2D eigenvalue weighted by molar-refractivity contribution is -0.118. The Labute approximate surface area is 218 Å². The maximum Gasteiger partial charge on any atom is 0.221 e. The van der Waals surface area contributed by atoms with Crippen molar-refractivity contribution in [2.24, 2.45) is 5.41 Å². The molecule has 1 aliphatic carbocycles. The third-order valence-corrected chi connectivity index (χ3v) is 8.05. The molecule has 6 rings (SSSR count). The third-order valence-electron chi connectivity index (χ3n) is 7.80. The van der Waals surface area contributed by atoms with Gasteiger partial charge in [-0.15, -0.1) is 0 Å². The minimum atomic E-state index is -1.54. The van der Waals surface area contributed by atoms with Gasteiger partial charge in [0.1, 0.15) is 5.41 Å². The Hall–Kier alpha value is -4.03. The van der Waals surface area contributed by atoms with Crippen LogP contribution in [-0.4, -0.2) is 35.3 Å². The number of nitrogens with zero attached hydrogens (tertiary/aromatic N) is 1. The maximum atomic E-state index is 14.4. The van der Waals surface area contributed by atoms with Crippen molar-refractivity contribution in [3.8, 4) is 0 Å². The first kappa shape index (κ1) is 23.4. The zero-order valence-corrected chi connectivity index (χ0v) is 21.0. The van der Waals surface area contributed by atoms with Crippen LogP contribution in [0.4, 0.5) is 11.4 Å². The van der Waals surface area contributed by atoms with E-state index in [0.29, 0.717) is 33.1 Å². The van der Waals surface area contributed by atoms with Gasteiger partial charge in [0.05, 0.1) is 17.8 Å². The lowest BCUT2D eigenvalue weighted by Crippen LogP contribution is -2.48. The van der Waals surface area contributed by atoms with Crippen molar-refractivity contribution >= 4 is 52.3 Å². The number of anilines is 2. The van der Waals surface area contributed by atoms with Crippen molar-refractivity contribution in [3.63, 3.8) is 0 Å². The van der Waals surface area contributed by atoms with Crippen LogP contribution in [0.5, 0.6) is 0 Å². The van der Waals surface area contributed by atoms with Gasteiger partial charge in [0.15, 0.2) is 17.3 Å². The molecule has 6 nitrogen and oxygen atoms in total. The number of rotatable bonds is 3. The summed E-state index contributed by atoms with van der Waals surface area (Å²) in [5.41, 5.74) is 1.92. The molecule has 1 fully saturated rings. The van der Waals surface area contributed by atoms with Gasteiger partial charge in [-0.25, -0.2) is 0 Å². The number of Topliss-reactive ketones (excluding diaryl/α,β-unsaturated/α-hetero) is 3. The summed E-state index contributed by atoms with van der Waals surface area (Å²) in [5.74, 6) is -1.69. The van der Waals surface area contributed by atoms with Crippen molar-refractivity contribution < 1.29 is 19.2 Å². The molecular formula is C30H23ClN2O4. The first-order valence-electron chi connectivity index (χ1n) is 12.1. The van der Waals surface area contributed by atoms with E-state index in [1.807, 2.05) is 23.1 Å². The lowest BCUT2D eigenvalue weighted by atomic mass is 9.64. The first-order valence-corrected chi connectivity index (χ1v) is 12.5. The standard InChI is InChI=1S/C30H23ClN2O4/c1-16(34)27-26(18-10-12-19(31)13-11-18)30(28(36)20-6-3-4-7-21(20)29(30)37)25-15-14-22-23(32-17(2)35)8-5-9-24(22)33(25)27/h3-15,25-27H,1-2H3,(H,32,35). The molecule has 37 heavy (non-hydrogen) atoms. The molecule has 2 aliphatic heterocycles. The van der Waals surface area contributed by atoms with Crippen LogP contribution in [0.1, 0.15) is 51.6 Å². The number of carbonyl (C=O) groups is 4. The highest BCUT2D eigenvalue weighted by molar-refractivity contribution is 6.32. The largest absolute Gasteiger partial charge is 0.352 e. The average Bonchev–Trinajstić information content (AvgIpc) is 3.31. The Bertz CT molecular complexity index is 1510. The quantitative estimate of drug-likeness (QED) is 0.482. The first-order chi connectivity index (χ1) is 17.8. The number of carbonyl (C=O) groups excluding carboxylic acids is 4. The molecule has 184 valence electrons. The summed E-state index contributed by atoms with van der Waals surface area (Å²) in [4.78, 5) is 56.0. The summed E-state index contributed by atoms with van der Waals surface area (Å²) in [7, 11) is 0. The molecule has 0 bridgehead atoms. The zero-order chi connectivity index (χ0) is 26.1. The van der Waals surface area contributed by atoms with Gasteiger partial charge in [0.25, 0.3) is 0 Å². The number of hydrogen-bond donors (Lipinski definition) is 1. The van der Waals surface area contributed by atoms with Crippen LogP contribution < -0.4 is 10.2 Å². The van der Waals surface area contributed by atoms with Gasteiger partial charge in [-0.1, -0.05) is 66.2 Å². The van der Waals surface area contributed by atoms with Crippen molar-refractivity contribution in [2.75, 3.05) is 10.2 Å². The summed E-state index contributed by atoms with van der Waals surface area (Å²) in [6.07, 6.45) is 3.68. The summed E-state index contributed by atoms with van der Waals surface area (Å²) >= 11 is 6.19. The van der Waals surface area contributed by atoms with Crippen molar-refractivity contribution in [1.82, 2.24) is 0 Å². The fourth-order valence-electron chi connectivity index (χ4n) is 6.49. The highest BCUT2D eigenvalue weighted by atomic mass is 35.5. The number of ketones is 3. The molecule has 3 aromatic rings. The predicted molar refractivity (Wildman–Crippen MR) is 142 cm³/mol. The van der Waals surface area contributed by atoms with Crippen molar-refractivity contribution in [2.45, 2.75) is 31.8 Å². The fourth-order valence-corrected chi connectivity index (χ4v) is 6.62. The Kier molecular flexibility index (Phi) is 5.21. The zero-order valence-electron chi connectivity index (χ0n) is 20.2. The summed E-state index contributed by atoms with van der Waals surface area (Å²) in [6.45, 7) is 2.93. The average molecular weight is 511 g/mol. The van der Waals surface area contributed by atoms with E-state index in [1.54, 1.807) is 60.7 Å². The second-order valence-electron chi connectivity index (χ2n) is 9.79. The van der Waals surface area contributed by atoms with Gasteiger partial charge >= 0.3 is 0 Å². The Morgan fingerprint density at radius 3 is 2.14 bits per heavy atom. The van der Waals surface area contributed by atoms with E-state index in [-0.39, 0.29) is 23.3 Å². The molecule has 3 unspecified atom stereocenters. The van der Waals surface area contributed by atoms with Crippen LogP contribution in [0.2, 0.25) is 5.02 Å². The molecular weight excluding hydrogens is 488 g/mol. The molecule has 3 aromatic carbocycles. The molecule has 1 spiro atoms. The van der Waals surface area contributed by atoms with Gasteiger partial charge in [0.2, 0.25) is 5.91 Å². The Morgan fingerprint density at radius 1 is 0.892 bits per heavy atom. The van der Waals surface area contributed by atoms with E-state index in [0.717, 1.165) is 5.56 Å². The number of fused-ring (bicyclic) bond motifs is 5. The minimum absolute atomic E-state index is 0.162. The fraction of sp³-hybridized carbons (Fsp3) is 0.200. The SMILES string of the molecule is CC(=O)Nc1cccc2c1C=CC1N2C(C(C)=O)C(c2ccc(Cl)cc2)C12C(=O)c1ccccc1C2=O. The Morgan fingerprint density at radius 2 is 1.54 bits per heavy atom. The molecule has 2 heterocycles. The van der Waals surface area contributed by atoms with Crippen LogP contribution in [0.25, 0.3) is 6.08 Å².